The van der Waals surface area contributed by atoms with Crippen molar-refractivity contribution in [2.24, 2.45) is 5.92 Å². The third kappa shape index (κ3) is 3.88. The first-order valence-electron chi connectivity index (χ1n) is 7.90. The summed E-state index contributed by atoms with van der Waals surface area (Å²) in [6.45, 7) is 9.67. The van der Waals surface area contributed by atoms with Crippen LogP contribution in [0.15, 0.2) is 18.2 Å². The SMILES string of the molecule is Cc1c(N[C@@H](C)C(C)C)cccc1C(=O)N1CCS(=O)CC1. The number of hydrogen-bond acceptors (Lipinski definition) is 3. The minimum atomic E-state index is -0.763. The van der Waals surface area contributed by atoms with Crippen LogP contribution in [0.25, 0.3) is 0 Å². The summed E-state index contributed by atoms with van der Waals surface area (Å²) in [5.41, 5.74) is 2.76. The Morgan fingerprint density at radius 2 is 1.86 bits per heavy atom. The van der Waals surface area contributed by atoms with E-state index in [-0.39, 0.29) is 5.91 Å². The molecule has 122 valence electrons. The van der Waals surface area contributed by atoms with Crippen LogP contribution in [0.5, 0.6) is 0 Å². The van der Waals surface area contributed by atoms with Crippen LogP contribution >= 0.6 is 0 Å². The number of carbonyl (C=O) groups is 1. The van der Waals surface area contributed by atoms with E-state index in [9.17, 15) is 9.00 Å². The molecule has 22 heavy (non-hydrogen) atoms. The van der Waals surface area contributed by atoms with Crippen molar-refractivity contribution < 1.29 is 9.00 Å². The van der Waals surface area contributed by atoms with Crippen LogP contribution < -0.4 is 5.32 Å². The second-order valence-electron chi connectivity index (χ2n) is 6.30. The summed E-state index contributed by atoms with van der Waals surface area (Å²) in [6, 6.07) is 6.18. The highest BCUT2D eigenvalue weighted by molar-refractivity contribution is 7.85. The van der Waals surface area contributed by atoms with Crippen molar-refractivity contribution in [1.29, 1.82) is 0 Å². The Hall–Kier alpha value is -1.36. The van der Waals surface area contributed by atoms with E-state index >= 15 is 0 Å². The predicted octanol–water partition coefficient (Wildman–Crippen LogP) is 2.66. The predicted molar refractivity (Wildman–Crippen MR) is 92.9 cm³/mol. The molecular formula is C17H26N2O2S. The van der Waals surface area contributed by atoms with E-state index in [0.29, 0.717) is 36.6 Å². The lowest BCUT2D eigenvalue weighted by Gasteiger charge is -2.28. The van der Waals surface area contributed by atoms with Gasteiger partial charge in [-0.15, -0.1) is 0 Å². The zero-order valence-corrected chi connectivity index (χ0v) is 14.7. The summed E-state index contributed by atoms with van der Waals surface area (Å²) in [5, 5.41) is 3.50. The van der Waals surface area contributed by atoms with E-state index < -0.39 is 10.8 Å². The minimum absolute atomic E-state index is 0.0510. The zero-order valence-electron chi connectivity index (χ0n) is 13.9. The molecule has 5 heteroatoms. The van der Waals surface area contributed by atoms with E-state index in [0.717, 1.165) is 16.8 Å². The molecule has 1 aromatic carbocycles. The number of hydrogen-bond donors (Lipinski definition) is 1. The smallest absolute Gasteiger partial charge is 0.254 e. The van der Waals surface area contributed by atoms with Gasteiger partial charge < -0.3 is 10.2 Å². The lowest BCUT2D eigenvalue weighted by Crippen LogP contribution is -2.42. The highest BCUT2D eigenvalue weighted by Crippen LogP contribution is 2.23. The third-order valence-electron chi connectivity index (χ3n) is 4.41. The lowest BCUT2D eigenvalue weighted by atomic mass is 10.0. The molecule has 0 aliphatic carbocycles. The molecule has 0 bridgehead atoms. The summed E-state index contributed by atoms with van der Waals surface area (Å²) in [7, 11) is -0.763. The Morgan fingerprint density at radius 3 is 2.45 bits per heavy atom. The van der Waals surface area contributed by atoms with E-state index in [1.165, 1.54) is 0 Å². The number of benzene rings is 1. The molecule has 1 amide bonds. The first-order valence-corrected chi connectivity index (χ1v) is 9.39. The number of amides is 1. The van der Waals surface area contributed by atoms with Crippen LogP contribution in [-0.4, -0.2) is 45.7 Å². The van der Waals surface area contributed by atoms with E-state index in [1.807, 2.05) is 30.0 Å². The van der Waals surface area contributed by atoms with Gasteiger partial charge in [0.1, 0.15) is 0 Å². The zero-order chi connectivity index (χ0) is 16.3. The van der Waals surface area contributed by atoms with Crippen molar-refractivity contribution in [3.63, 3.8) is 0 Å². The van der Waals surface area contributed by atoms with E-state index in [2.05, 4.69) is 26.1 Å². The number of anilines is 1. The van der Waals surface area contributed by atoms with Crippen molar-refractivity contribution in [3.8, 4) is 0 Å². The average molecular weight is 322 g/mol. The Kier molecular flexibility index (Phi) is 5.62. The third-order valence-corrected chi connectivity index (χ3v) is 5.69. The molecule has 1 saturated heterocycles. The molecule has 4 nitrogen and oxygen atoms in total. The van der Waals surface area contributed by atoms with Crippen LogP contribution in [-0.2, 0) is 10.8 Å². The average Bonchev–Trinajstić information content (AvgIpc) is 2.49. The fourth-order valence-corrected chi connectivity index (χ4v) is 3.50. The lowest BCUT2D eigenvalue weighted by molar-refractivity contribution is 0.0770. The Morgan fingerprint density at radius 1 is 1.23 bits per heavy atom. The van der Waals surface area contributed by atoms with Gasteiger partial charge in [-0.3, -0.25) is 9.00 Å². The number of rotatable bonds is 4. The number of nitrogens with one attached hydrogen (secondary N) is 1. The largest absolute Gasteiger partial charge is 0.382 e. The highest BCUT2D eigenvalue weighted by Gasteiger charge is 2.23. The molecule has 1 atom stereocenters. The Balaban J connectivity index is 2.17. The van der Waals surface area contributed by atoms with E-state index in [1.54, 1.807) is 0 Å². The van der Waals surface area contributed by atoms with Crippen LogP contribution in [0.2, 0.25) is 0 Å². The van der Waals surface area contributed by atoms with Crippen LogP contribution in [0.4, 0.5) is 5.69 Å². The van der Waals surface area contributed by atoms with Gasteiger partial charge in [-0.2, -0.15) is 0 Å². The maximum absolute atomic E-state index is 12.7. The van der Waals surface area contributed by atoms with Crippen LogP contribution in [0.1, 0.15) is 36.7 Å². The Labute approximate surface area is 135 Å². The first kappa shape index (κ1) is 17.0. The second-order valence-corrected chi connectivity index (χ2v) is 7.99. The second kappa shape index (κ2) is 7.27. The quantitative estimate of drug-likeness (QED) is 0.927. The molecule has 0 radical (unpaired) electrons. The van der Waals surface area contributed by atoms with Crippen molar-refractivity contribution in [1.82, 2.24) is 4.90 Å². The molecule has 2 rings (SSSR count). The van der Waals surface area contributed by atoms with Gasteiger partial charge in [0.05, 0.1) is 0 Å². The molecule has 1 aliphatic heterocycles. The van der Waals surface area contributed by atoms with Crippen molar-refractivity contribution >= 4 is 22.4 Å². The van der Waals surface area contributed by atoms with Crippen molar-refractivity contribution in [2.45, 2.75) is 33.7 Å². The van der Waals surface area contributed by atoms with Gasteiger partial charge in [0.25, 0.3) is 5.91 Å². The molecule has 1 aromatic rings. The van der Waals surface area contributed by atoms with Gasteiger partial charge in [-0.05, 0) is 37.5 Å². The molecule has 0 unspecified atom stereocenters. The minimum Gasteiger partial charge on any atom is -0.382 e. The van der Waals surface area contributed by atoms with Gasteiger partial charge in [-0.1, -0.05) is 19.9 Å². The molecule has 0 spiro atoms. The molecule has 1 fully saturated rings. The topological polar surface area (TPSA) is 49.4 Å². The fourth-order valence-electron chi connectivity index (χ4n) is 2.45. The maximum atomic E-state index is 12.7. The maximum Gasteiger partial charge on any atom is 0.254 e. The van der Waals surface area contributed by atoms with Gasteiger partial charge in [0, 0.05) is 52.7 Å². The highest BCUT2D eigenvalue weighted by atomic mass is 32.2. The van der Waals surface area contributed by atoms with Gasteiger partial charge >= 0.3 is 0 Å². The van der Waals surface area contributed by atoms with Crippen LogP contribution in [0.3, 0.4) is 0 Å². The molecule has 0 saturated carbocycles. The summed E-state index contributed by atoms with van der Waals surface area (Å²) in [5.74, 6) is 1.76. The number of nitrogens with zero attached hydrogens (tertiary/aromatic N) is 1. The molecule has 1 heterocycles. The van der Waals surface area contributed by atoms with Crippen molar-refractivity contribution in [2.75, 3.05) is 29.9 Å². The molecular weight excluding hydrogens is 296 g/mol. The van der Waals surface area contributed by atoms with Gasteiger partial charge in [-0.25, -0.2) is 0 Å². The van der Waals surface area contributed by atoms with E-state index in [4.69, 9.17) is 0 Å². The summed E-state index contributed by atoms with van der Waals surface area (Å²) >= 11 is 0. The first-order chi connectivity index (χ1) is 10.4. The van der Waals surface area contributed by atoms with Gasteiger partial charge in [0.2, 0.25) is 0 Å². The summed E-state index contributed by atoms with van der Waals surface area (Å²) < 4.78 is 11.4. The van der Waals surface area contributed by atoms with Crippen LogP contribution in [0, 0.1) is 12.8 Å². The fraction of sp³-hybridized carbons (Fsp3) is 0.588. The normalized spacial score (nSPS) is 17.6. The number of carbonyl (C=O) groups excluding carboxylic acids is 1. The molecule has 1 aliphatic rings. The standard InChI is InChI=1S/C17H26N2O2S/c1-12(2)14(4)18-16-7-5-6-15(13(16)3)17(20)19-8-10-22(21)11-9-19/h5-7,12,14,18H,8-11H2,1-4H3/t14-/m0/s1. The monoisotopic (exact) mass is 322 g/mol. The molecule has 0 aromatic heterocycles. The summed E-state index contributed by atoms with van der Waals surface area (Å²) in [6.07, 6.45) is 0. The van der Waals surface area contributed by atoms with Gasteiger partial charge in [0.15, 0.2) is 0 Å². The van der Waals surface area contributed by atoms with Crippen molar-refractivity contribution in [3.05, 3.63) is 29.3 Å². The summed E-state index contributed by atoms with van der Waals surface area (Å²) in [4.78, 5) is 14.5. The molecule has 1 N–H and O–H groups in total. The Bertz CT molecular complexity index is 562.